The maximum absolute atomic E-state index is 5.63. The molecule has 0 heterocycles. The molecule has 11 heavy (non-hydrogen) atoms. The molecule has 57 valence electrons. The molecule has 0 aliphatic carbocycles. The van der Waals surface area contributed by atoms with Crippen molar-refractivity contribution in [3.05, 3.63) is 47.3 Å². The molecule has 1 aromatic carbocycles. The van der Waals surface area contributed by atoms with Crippen molar-refractivity contribution in [2.24, 2.45) is 5.73 Å². The lowest BCUT2D eigenvalue weighted by Gasteiger charge is -1.99. The molecule has 0 saturated carbocycles. The quantitative estimate of drug-likeness (QED) is 0.758. The van der Waals surface area contributed by atoms with Crippen LogP contribution in [0.1, 0.15) is 5.56 Å². The molecular formula is C9H9BrN. The van der Waals surface area contributed by atoms with Crippen LogP contribution in [0, 0.1) is 6.92 Å². The SMILES string of the molecule is [CH2]C=C(N)c1ccc(Br)cc1. The Morgan fingerprint density at radius 1 is 1.36 bits per heavy atom. The van der Waals surface area contributed by atoms with Crippen LogP contribution in [-0.2, 0) is 0 Å². The van der Waals surface area contributed by atoms with Crippen LogP contribution in [0.15, 0.2) is 34.8 Å². The third-order valence-corrected chi connectivity index (χ3v) is 1.93. The van der Waals surface area contributed by atoms with E-state index in [1.807, 2.05) is 24.3 Å². The first kappa shape index (κ1) is 8.34. The highest BCUT2D eigenvalue weighted by Gasteiger charge is 1.92. The molecule has 0 atom stereocenters. The Kier molecular flexibility index (Phi) is 2.71. The molecule has 2 N–H and O–H groups in total. The minimum absolute atomic E-state index is 0.706. The topological polar surface area (TPSA) is 26.0 Å². The van der Waals surface area contributed by atoms with E-state index in [2.05, 4.69) is 22.9 Å². The highest BCUT2D eigenvalue weighted by molar-refractivity contribution is 9.10. The molecule has 0 aliphatic rings. The van der Waals surface area contributed by atoms with Gasteiger partial charge < -0.3 is 5.73 Å². The molecule has 0 spiro atoms. The van der Waals surface area contributed by atoms with Crippen molar-refractivity contribution in [1.82, 2.24) is 0 Å². The first-order chi connectivity index (χ1) is 5.24. The lowest BCUT2D eigenvalue weighted by atomic mass is 10.2. The fourth-order valence-corrected chi connectivity index (χ4v) is 1.02. The van der Waals surface area contributed by atoms with Crippen LogP contribution >= 0.6 is 15.9 Å². The number of halogens is 1. The van der Waals surface area contributed by atoms with Crippen LogP contribution in [0.3, 0.4) is 0 Å². The number of rotatable bonds is 1. The van der Waals surface area contributed by atoms with Gasteiger partial charge in [-0.05, 0) is 24.6 Å². The Labute approximate surface area is 75.0 Å². The minimum atomic E-state index is 0.706. The van der Waals surface area contributed by atoms with E-state index in [1.165, 1.54) is 0 Å². The fourth-order valence-electron chi connectivity index (χ4n) is 0.760. The van der Waals surface area contributed by atoms with Gasteiger partial charge in [-0.1, -0.05) is 34.1 Å². The van der Waals surface area contributed by atoms with Gasteiger partial charge in [0.15, 0.2) is 0 Å². The summed E-state index contributed by atoms with van der Waals surface area (Å²) in [5.41, 5.74) is 7.34. The van der Waals surface area contributed by atoms with Crippen LogP contribution in [0.2, 0.25) is 0 Å². The highest BCUT2D eigenvalue weighted by Crippen LogP contribution is 2.13. The summed E-state index contributed by atoms with van der Waals surface area (Å²) in [7, 11) is 0. The lowest BCUT2D eigenvalue weighted by Crippen LogP contribution is -1.94. The first-order valence-corrected chi connectivity index (χ1v) is 4.04. The van der Waals surface area contributed by atoms with E-state index in [0.29, 0.717) is 5.70 Å². The highest BCUT2D eigenvalue weighted by atomic mass is 79.9. The summed E-state index contributed by atoms with van der Waals surface area (Å²) >= 11 is 3.34. The normalized spacial score (nSPS) is 11.6. The minimum Gasteiger partial charge on any atom is -0.399 e. The second-order valence-corrected chi connectivity index (χ2v) is 3.08. The molecule has 0 fully saturated rings. The van der Waals surface area contributed by atoms with Crippen molar-refractivity contribution in [2.75, 3.05) is 0 Å². The first-order valence-electron chi connectivity index (χ1n) is 3.25. The summed E-state index contributed by atoms with van der Waals surface area (Å²) in [6.07, 6.45) is 1.64. The summed E-state index contributed by atoms with van der Waals surface area (Å²) in [5, 5.41) is 0. The van der Waals surface area contributed by atoms with Crippen LogP contribution in [0.4, 0.5) is 0 Å². The standard InChI is InChI=1S/C9H9BrN/c1-2-9(11)7-3-5-8(10)6-4-7/h2-6H,1,11H2. The molecule has 1 radical (unpaired) electrons. The summed E-state index contributed by atoms with van der Waals surface area (Å²) < 4.78 is 1.05. The molecule has 0 aromatic heterocycles. The maximum Gasteiger partial charge on any atom is 0.0347 e. The molecule has 1 rings (SSSR count). The van der Waals surface area contributed by atoms with Crippen LogP contribution in [-0.4, -0.2) is 0 Å². The zero-order valence-corrected chi connectivity index (χ0v) is 7.64. The average Bonchev–Trinajstić information content (AvgIpc) is 2.05. The summed E-state index contributed by atoms with van der Waals surface area (Å²) in [5.74, 6) is 0. The van der Waals surface area contributed by atoms with Gasteiger partial charge in [-0.25, -0.2) is 0 Å². The molecule has 1 aromatic rings. The fraction of sp³-hybridized carbons (Fsp3) is 0. The smallest absolute Gasteiger partial charge is 0.0347 e. The number of hydrogen-bond acceptors (Lipinski definition) is 1. The lowest BCUT2D eigenvalue weighted by molar-refractivity contribution is 1.50. The molecule has 0 amide bonds. The van der Waals surface area contributed by atoms with Crippen molar-refractivity contribution in [3.63, 3.8) is 0 Å². The van der Waals surface area contributed by atoms with E-state index in [1.54, 1.807) is 6.08 Å². The molecule has 1 nitrogen and oxygen atoms in total. The van der Waals surface area contributed by atoms with Gasteiger partial charge in [0.2, 0.25) is 0 Å². The van der Waals surface area contributed by atoms with Crippen LogP contribution < -0.4 is 5.73 Å². The maximum atomic E-state index is 5.63. The van der Waals surface area contributed by atoms with Gasteiger partial charge in [0.25, 0.3) is 0 Å². The molecule has 2 heteroatoms. The van der Waals surface area contributed by atoms with Gasteiger partial charge in [-0.15, -0.1) is 0 Å². The van der Waals surface area contributed by atoms with E-state index >= 15 is 0 Å². The van der Waals surface area contributed by atoms with Gasteiger partial charge in [0, 0.05) is 10.2 Å². The Balaban J connectivity index is 2.99. The Hall–Kier alpha value is -0.760. The summed E-state index contributed by atoms with van der Waals surface area (Å²) in [6.45, 7) is 3.59. The van der Waals surface area contributed by atoms with Gasteiger partial charge in [0.05, 0.1) is 0 Å². The predicted molar refractivity (Wildman–Crippen MR) is 51.7 cm³/mol. The molecule has 0 bridgehead atoms. The number of nitrogens with two attached hydrogens (primary N) is 1. The van der Waals surface area contributed by atoms with E-state index < -0.39 is 0 Å². The third kappa shape index (κ3) is 2.09. The van der Waals surface area contributed by atoms with E-state index in [0.717, 1.165) is 10.0 Å². The number of benzene rings is 1. The Morgan fingerprint density at radius 2 is 1.91 bits per heavy atom. The monoisotopic (exact) mass is 210 g/mol. The number of allylic oxidation sites excluding steroid dienone is 1. The van der Waals surface area contributed by atoms with Crippen molar-refractivity contribution in [3.8, 4) is 0 Å². The van der Waals surface area contributed by atoms with E-state index in [-0.39, 0.29) is 0 Å². The van der Waals surface area contributed by atoms with Crippen LogP contribution in [0.25, 0.3) is 5.70 Å². The number of hydrogen-bond donors (Lipinski definition) is 1. The van der Waals surface area contributed by atoms with Gasteiger partial charge >= 0.3 is 0 Å². The predicted octanol–water partition coefficient (Wildman–Crippen LogP) is 2.58. The van der Waals surface area contributed by atoms with Gasteiger partial charge in [-0.3, -0.25) is 0 Å². The molecular weight excluding hydrogens is 202 g/mol. The zero-order chi connectivity index (χ0) is 8.27. The Bertz CT molecular complexity index is 261. The zero-order valence-electron chi connectivity index (χ0n) is 6.05. The van der Waals surface area contributed by atoms with Crippen molar-refractivity contribution < 1.29 is 0 Å². The second-order valence-electron chi connectivity index (χ2n) is 2.17. The third-order valence-electron chi connectivity index (χ3n) is 1.40. The summed E-state index contributed by atoms with van der Waals surface area (Å²) in [6, 6.07) is 7.79. The van der Waals surface area contributed by atoms with Crippen molar-refractivity contribution in [2.45, 2.75) is 0 Å². The summed E-state index contributed by atoms with van der Waals surface area (Å²) in [4.78, 5) is 0. The van der Waals surface area contributed by atoms with Crippen molar-refractivity contribution >= 4 is 21.6 Å². The average molecular weight is 211 g/mol. The second kappa shape index (κ2) is 3.58. The van der Waals surface area contributed by atoms with E-state index in [4.69, 9.17) is 5.73 Å². The molecule has 0 saturated heterocycles. The van der Waals surface area contributed by atoms with Gasteiger partial charge in [0.1, 0.15) is 0 Å². The molecule has 0 aliphatic heterocycles. The van der Waals surface area contributed by atoms with Crippen LogP contribution in [0.5, 0.6) is 0 Å². The van der Waals surface area contributed by atoms with Crippen molar-refractivity contribution in [1.29, 1.82) is 0 Å². The largest absolute Gasteiger partial charge is 0.399 e. The molecule has 0 unspecified atom stereocenters. The van der Waals surface area contributed by atoms with Gasteiger partial charge in [-0.2, -0.15) is 0 Å². The van der Waals surface area contributed by atoms with E-state index in [9.17, 15) is 0 Å². The Morgan fingerprint density at radius 3 is 2.36 bits per heavy atom.